The average molecular weight is 488 g/mol. The van der Waals surface area contributed by atoms with Crippen LogP contribution in [0.25, 0.3) is 0 Å². The molecule has 0 radical (unpaired) electrons. The van der Waals surface area contributed by atoms with Gasteiger partial charge in [0.25, 0.3) is 5.91 Å². The minimum Gasteiger partial charge on any atom is -0.493 e. The van der Waals surface area contributed by atoms with E-state index in [9.17, 15) is 9.59 Å². The van der Waals surface area contributed by atoms with Crippen molar-refractivity contribution in [2.24, 2.45) is 5.41 Å². The van der Waals surface area contributed by atoms with Crippen molar-refractivity contribution < 1.29 is 14.3 Å². The molecule has 0 atom stereocenters. The van der Waals surface area contributed by atoms with E-state index in [2.05, 4.69) is 26.1 Å². The van der Waals surface area contributed by atoms with Gasteiger partial charge in [0.2, 0.25) is 5.91 Å². The van der Waals surface area contributed by atoms with Crippen LogP contribution < -0.4 is 15.0 Å². The van der Waals surface area contributed by atoms with Crippen LogP contribution in [0.4, 0.5) is 11.4 Å². The van der Waals surface area contributed by atoms with Crippen LogP contribution in [-0.4, -0.2) is 49.5 Å². The monoisotopic (exact) mass is 487 g/mol. The van der Waals surface area contributed by atoms with Crippen LogP contribution in [0.15, 0.2) is 46.9 Å². The number of nitrogens with one attached hydrogen (secondary N) is 1. The molecular weight excluding hydrogens is 458 g/mol. The van der Waals surface area contributed by atoms with Crippen LogP contribution in [0.3, 0.4) is 0 Å². The number of hydrogen-bond acceptors (Lipinski definition) is 4. The summed E-state index contributed by atoms with van der Waals surface area (Å²) in [6.45, 7) is 11.4. The molecule has 166 valence electrons. The highest BCUT2D eigenvalue weighted by Gasteiger charge is 2.29. The van der Waals surface area contributed by atoms with Gasteiger partial charge in [0, 0.05) is 48.5 Å². The molecule has 0 spiro atoms. The maximum Gasteiger partial charge on any atom is 0.255 e. The smallest absolute Gasteiger partial charge is 0.255 e. The molecule has 2 aromatic carbocycles. The number of carbonyl (C=O) groups excluding carboxylic acids is 2. The number of rotatable bonds is 5. The Bertz CT molecular complexity index is 930. The van der Waals surface area contributed by atoms with Crippen LogP contribution in [0.5, 0.6) is 5.75 Å². The molecule has 1 heterocycles. The van der Waals surface area contributed by atoms with Gasteiger partial charge in [-0.2, -0.15) is 0 Å². The van der Waals surface area contributed by atoms with E-state index < -0.39 is 0 Å². The Morgan fingerprint density at radius 3 is 2.23 bits per heavy atom. The molecule has 0 aliphatic carbocycles. The molecule has 1 N–H and O–H groups in total. The normalized spacial score (nSPS) is 14.4. The maximum absolute atomic E-state index is 12.6. The summed E-state index contributed by atoms with van der Waals surface area (Å²) in [7, 11) is 0. The summed E-state index contributed by atoms with van der Waals surface area (Å²) in [5, 5.41) is 2.93. The van der Waals surface area contributed by atoms with Gasteiger partial charge in [-0.25, -0.2) is 0 Å². The zero-order valence-corrected chi connectivity index (χ0v) is 20.2. The number of benzene rings is 2. The Balaban J connectivity index is 1.58. The largest absolute Gasteiger partial charge is 0.493 e. The van der Waals surface area contributed by atoms with E-state index in [1.165, 1.54) is 0 Å². The zero-order valence-electron chi connectivity index (χ0n) is 18.6. The van der Waals surface area contributed by atoms with Crippen molar-refractivity contribution in [1.82, 2.24) is 4.90 Å². The Morgan fingerprint density at radius 2 is 1.68 bits per heavy atom. The van der Waals surface area contributed by atoms with Gasteiger partial charge in [-0.3, -0.25) is 9.59 Å². The predicted molar refractivity (Wildman–Crippen MR) is 128 cm³/mol. The van der Waals surface area contributed by atoms with Gasteiger partial charge < -0.3 is 19.9 Å². The highest BCUT2D eigenvalue weighted by molar-refractivity contribution is 9.10. The second-order valence-electron chi connectivity index (χ2n) is 8.61. The number of halogens is 1. The fourth-order valence-electron chi connectivity index (χ4n) is 3.52. The molecule has 31 heavy (non-hydrogen) atoms. The third-order valence-electron chi connectivity index (χ3n) is 5.19. The van der Waals surface area contributed by atoms with E-state index in [-0.39, 0.29) is 17.2 Å². The zero-order chi connectivity index (χ0) is 22.6. The van der Waals surface area contributed by atoms with E-state index >= 15 is 0 Å². The molecule has 0 aromatic heterocycles. The van der Waals surface area contributed by atoms with E-state index in [0.717, 1.165) is 42.0 Å². The Kier molecular flexibility index (Phi) is 7.26. The molecule has 1 aliphatic rings. The van der Waals surface area contributed by atoms with Crippen molar-refractivity contribution >= 4 is 39.1 Å². The van der Waals surface area contributed by atoms with E-state index in [4.69, 9.17) is 4.74 Å². The van der Waals surface area contributed by atoms with E-state index in [1.54, 1.807) is 18.2 Å². The van der Waals surface area contributed by atoms with Gasteiger partial charge in [0.1, 0.15) is 5.75 Å². The summed E-state index contributed by atoms with van der Waals surface area (Å²) in [6.07, 6.45) is 0. The SMILES string of the molecule is CCOc1ccc(C(=O)Nc2ccc(N3CCN(C(=O)C(C)(C)C)CC3)cc2)cc1Br. The number of anilines is 2. The molecule has 0 saturated carbocycles. The quantitative estimate of drug-likeness (QED) is 0.657. The molecular formula is C24H30BrN3O3. The number of ether oxygens (including phenoxy) is 1. The molecule has 3 rings (SSSR count). The van der Waals surface area contributed by atoms with E-state index in [0.29, 0.717) is 17.9 Å². The fourth-order valence-corrected chi connectivity index (χ4v) is 4.01. The Labute approximate surface area is 192 Å². The number of amides is 2. The molecule has 1 fully saturated rings. The predicted octanol–water partition coefficient (Wildman–Crippen LogP) is 4.79. The van der Waals surface area contributed by atoms with Gasteiger partial charge in [-0.05, 0) is 65.3 Å². The number of carbonyl (C=O) groups is 2. The minimum atomic E-state index is -0.346. The van der Waals surface area contributed by atoms with Crippen molar-refractivity contribution in [3.8, 4) is 5.75 Å². The number of nitrogens with zero attached hydrogens (tertiary/aromatic N) is 2. The van der Waals surface area contributed by atoms with Gasteiger partial charge in [-0.15, -0.1) is 0 Å². The summed E-state index contributed by atoms with van der Waals surface area (Å²) in [5.41, 5.74) is 2.03. The van der Waals surface area contributed by atoms with E-state index in [1.807, 2.05) is 56.9 Å². The van der Waals surface area contributed by atoms with Gasteiger partial charge in [-0.1, -0.05) is 20.8 Å². The number of piperazine rings is 1. The molecule has 7 heteroatoms. The molecule has 0 bridgehead atoms. The van der Waals surface area contributed by atoms with Crippen molar-refractivity contribution in [2.75, 3.05) is 43.0 Å². The Hall–Kier alpha value is -2.54. The molecule has 2 amide bonds. The molecule has 0 unspecified atom stereocenters. The lowest BCUT2D eigenvalue weighted by molar-refractivity contribution is -0.139. The highest BCUT2D eigenvalue weighted by Crippen LogP contribution is 2.27. The first-order chi connectivity index (χ1) is 14.7. The topological polar surface area (TPSA) is 61.9 Å². The summed E-state index contributed by atoms with van der Waals surface area (Å²) < 4.78 is 6.24. The first kappa shape index (κ1) is 23.1. The van der Waals surface area contributed by atoms with Crippen LogP contribution >= 0.6 is 15.9 Å². The molecule has 1 aliphatic heterocycles. The standard InChI is InChI=1S/C24H30BrN3O3/c1-5-31-21-11-6-17(16-20(21)25)22(29)26-18-7-9-19(10-8-18)27-12-14-28(15-13-27)23(30)24(2,3)4/h6-11,16H,5,12-15H2,1-4H3,(H,26,29). The molecule has 6 nitrogen and oxygen atoms in total. The molecule has 1 saturated heterocycles. The average Bonchev–Trinajstić information content (AvgIpc) is 2.75. The third-order valence-corrected chi connectivity index (χ3v) is 5.81. The van der Waals surface area contributed by atoms with Crippen LogP contribution in [0.2, 0.25) is 0 Å². The van der Waals surface area contributed by atoms with Crippen LogP contribution in [-0.2, 0) is 4.79 Å². The second kappa shape index (κ2) is 9.73. The lowest BCUT2D eigenvalue weighted by atomic mass is 9.94. The van der Waals surface area contributed by atoms with Crippen molar-refractivity contribution in [3.63, 3.8) is 0 Å². The van der Waals surface area contributed by atoms with Crippen LogP contribution in [0.1, 0.15) is 38.1 Å². The first-order valence-corrected chi connectivity index (χ1v) is 11.4. The fraction of sp³-hybridized carbons (Fsp3) is 0.417. The number of hydrogen-bond donors (Lipinski definition) is 1. The minimum absolute atomic E-state index is 0.175. The van der Waals surface area contributed by atoms with Crippen molar-refractivity contribution in [3.05, 3.63) is 52.5 Å². The van der Waals surface area contributed by atoms with Crippen molar-refractivity contribution in [1.29, 1.82) is 0 Å². The van der Waals surface area contributed by atoms with Gasteiger partial charge in [0.05, 0.1) is 11.1 Å². The first-order valence-electron chi connectivity index (χ1n) is 10.6. The lowest BCUT2D eigenvalue weighted by Gasteiger charge is -2.38. The van der Waals surface area contributed by atoms with Crippen molar-refractivity contribution in [2.45, 2.75) is 27.7 Å². The lowest BCUT2D eigenvalue weighted by Crippen LogP contribution is -2.51. The molecule has 2 aromatic rings. The maximum atomic E-state index is 12.6. The van der Waals surface area contributed by atoms with Crippen LogP contribution in [0, 0.1) is 5.41 Å². The van der Waals surface area contributed by atoms with Gasteiger partial charge in [0.15, 0.2) is 0 Å². The second-order valence-corrected chi connectivity index (χ2v) is 9.46. The highest BCUT2D eigenvalue weighted by atomic mass is 79.9. The summed E-state index contributed by atoms with van der Waals surface area (Å²) in [5.74, 6) is 0.740. The summed E-state index contributed by atoms with van der Waals surface area (Å²) in [4.78, 5) is 29.2. The summed E-state index contributed by atoms with van der Waals surface area (Å²) >= 11 is 3.44. The third kappa shape index (κ3) is 5.79. The van der Waals surface area contributed by atoms with Gasteiger partial charge >= 0.3 is 0 Å². The Morgan fingerprint density at radius 1 is 1.03 bits per heavy atom. The summed E-state index contributed by atoms with van der Waals surface area (Å²) in [6, 6.07) is 13.1.